The summed E-state index contributed by atoms with van der Waals surface area (Å²) in [6.07, 6.45) is 8.13. The highest BCUT2D eigenvalue weighted by molar-refractivity contribution is 9.10. The molecule has 2 atom stereocenters. The molecule has 0 saturated heterocycles. The second-order valence-corrected chi connectivity index (χ2v) is 7.83. The number of rotatable bonds is 5. The smallest absolute Gasteiger partial charge is 0.0510 e. The van der Waals surface area contributed by atoms with Crippen LogP contribution in [0, 0.1) is 5.92 Å². The molecule has 2 unspecified atom stereocenters. The van der Waals surface area contributed by atoms with E-state index < -0.39 is 0 Å². The molecular weight excluding hydrogens is 324 g/mol. The lowest BCUT2D eigenvalue weighted by molar-refractivity contribution is 0.336. The minimum atomic E-state index is 0.695. The van der Waals surface area contributed by atoms with E-state index in [1.165, 1.54) is 54.2 Å². The molecule has 1 aromatic rings. The van der Waals surface area contributed by atoms with Gasteiger partial charge in [-0.2, -0.15) is 0 Å². The normalized spacial score (nSPS) is 25.9. The monoisotopic (exact) mass is 350 g/mol. The third kappa shape index (κ3) is 4.01. The Morgan fingerprint density at radius 2 is 2.05 bits per heavy atom. The van der Waals surface area contributed by atoms with Gasteiger partial charge in [0.2, 0.25) is 0 Å². The van der Waals surface area contributed by atoms with Crippen molar-refractivity contribution < 1.29 is 0 Å². The van der Waals surface area contributed by atoms with Crippen LogP contribution in [0.1, 0.15) is 51.0 Å². The van der Waals surface area contributed by atoms with Crippen molar-refractivity contribution in [2.75, 3.05) is 11.9 Å². The Balaban J connectivity index is 1.65. The Hall–Kier alpha value is -0.540. The van der Waals surface area contributed by atoms with Crippen molar-refractivity contribution in [3.8, 4) is 0 Å². The summed E-state index contributed by atoms with van der Waals surface area (Å²) in [4.78, 5) is 2.48. The highest BCUT2D eigenvalue weighted by Crippen LogP contribution is 2.33. The van der Waals surface area contributed by atoms with Gasteiger partial charge in [0.05, 0.1) is 5.69 Å². The fourth-order valence-electron chi connectivity index (χ4n) is 3.45. The lowest BCUT2D eigenvalue weighted by atomic mass is 9.86. The van der Waals surface area contributed by atoms with Gasteiger partial charge in [0.1, 0.15) is 0 Å². The van der Waals surface area contributed by atoms with Gasteiger partial charge in [-0.05, 0) is 65.2 Å². The SMILES string of the molecule is CC1CCCC(N(C)c2ccc(CNC3CC3)cc2Br)C1. The summed E-state index contributed by atoms with van der Waals surface area (Å²) < 4.78 is 1.23. The topological polar surface area (TPSA) is 15.3 Å². The first-order valence-electron chi connectivity index (χ1n) is 8.38. The van der Waals surface area contributed by atoms with E-state index in [1.807, 2.05) is 0 Å². The molecule has 116 valence electrons. The molecule has 3 heteroatoms. The van der Waals surface area contributed by atoms with Crippen molar-refractivity contribution in [1.29, 1.82) is 0 Å². The summed E-state index contributed by atoms with van der Waals surface area (Å²) >= 11 is 3.78. The van der Waals surface area contributed by atoms with Crippen molar-refractivity contribution in [3.05, 3.63) is 28.2 Å². The van der Waals surface area contributed by atoms with Crippen molar-refractivity contribution in [1.82, 2.24) is 5.32 Å². The van der Waals surface area contributed by atoms with Gasteiger partial charge in [-0.15, -0.1) is 0 Å². The maximum Gasteiger partial charge on any atom is 0.0510 e. The van der Waals surface area contributed by atoms with Crippen LogP contribution in [0.3, 0.4) is 0 Å². The van der Waals surface area contributed by atoms with Crippen LogP contribution in [0.25, 0.3) is 0 Å². The molecule has 0 spiro atoms. The van der Waals surface area contributed by atoms with Crippen molar-refractivity contribution >= 4 is 21.6 Å². The first-order chi connectivity index (χ1) is 10.1. The van der Waals surface area contributed by atoms with Crippen LogP contribution >= 0.6 is 15.9 Å². The summed E-state index contributed by atoms with van der Waals surface area (Å²) in [5.41, 5.74) is 2.72. The van der Waals surface area contributed by atoms with Gasteiger partial charge in [-0.1, -0.05) is 25.8 Å². The zero-order chi connectivity index (χ0) is 14.8. The molecule has 1 N–H and O–H groups in total. The quantitative estimate of drug-likeness (QED) is 0.826. The Morgan fingerprint density at radius 1 is 1.24 bits per heavy atom. The van der Waals surface area contributed by atoms with Crippen molar-refractivity contribution in [3.63, 3.8) is 0 Å². The van der Waals surface area contributed by atoms with Gasteiger partial charge in [-0.25, -0.2) is 0 Å². The van der Waals surface area contributed by atoms with E-state index >= 15 is 0 Å². The number of nitrogens with one attached hydrogen (secondary N) is 1. The lowest BCUT2D eigenvalue weighted by Crippen LogP contribution is -2.35. The number of nitrogens with zero attached hydrogens (tertiary/aromatic N) is 1. The van der Waals surface area contributed by atoms with E-state index in [1.54, 1.807) is 0 Å². The highest BCUT2D eigenvalue weighted by Gasteiger charge is 2.24. The van der Waals surface area contributed by atoms with E-state index in [2.05, 4.69) is 58.3 Å². The molecule has 2 nitrogen and oxygen atoms in total. The third-order valence-electron chi connectivity index (χ3n) is 5.02. The zero-order valence-electron chi connectivity index (χ0n) is 13.2. The average molecular weight is 351 g/mol. The molecule has 2 aliphatic carbocycles. The molecule has 2 fully saturated rings. The van der Waals surface area contributed by atoms with Gasteiger partial charge in [0.15, 0.2) is 0 Å². The summed E-state index contributed by atoms with van der Waals surface area (Å²) in [6.45, 7) is 3.38. The summed E-state index contributed by atoms with van der Waals surface area (Å²) in [7, 11) is 2.25. The predicted molar refractivity (Wildman–Crippen MR) is 93.8 cm³/mol. The van der Waals surface area contributed by atoms with E-state index in [0.717, 1.165) is 18.5 Å². The zero-order valence-corrected chi connectivity index (χ0v) is 14.8. The summed E-state index contributed by atoms with van der Waals surface area (Å²) in [5.74, 6) is 0.868. The number of anilines is 1. The largest absolute Gasteiger partial charge is 0.371 e. The molecule has 2 aliphatic rings. The maximum absolute atomic E-state index is 3.78. The number of halogens is 1. The molecular formula is C18H27BrN2. The summed E-state index contributed by atoms with van der Waals surface area (Å²) in [6, 6.07) is 8.31. The first kappa shape index (κ1) is 15.4. The Kier molecular flexibility index (Phi) is 4.90. The molecule has 0 heterocycles. The van der Waals surface area contributed by atoms with Gasteiger partial charge >= 0.3 is 0 Å². The van der Waals surface area contributed by atoms with Crippen LogP contribution in [0.2, 0.25) is 0 Å². The molecule has 21 heavy (non-hydrogen) atoms. The minimum absolute atomic E-state index is 0.695. The highest BCUT2D eigenvalue weighted by atomic mass is 79.9. The fourth-order valence-corrected chi connectivity index (χ4v) is 4.15. The molecule has 1 aromatic carbocycles. The Bertz CT molecular complexity index is 484. The third-order valence-corrected chi connectivity index (χ3v) is 5.66. The molecule has 3 rings (SSSR count). The van der Waals surface area contributed by atoms with Gasteiger partial charge in [0, 0.05) is 30.1 Å². The Labute approximate surface area is 137 Å². The standard InChI is InChI=1S/C18H27BrN2/c1-13-4-3-5-16(10-13)21(2)18-9-6-14(11-17(18)19)12-20-15-7-8-15/h6,9,11,13,15-16,20H,3-5,7-8,10,12H2,1-2H3. The van der Waals surface area contributed by atoms with Crippen LogP contribution in [0.5, 0.6) is 0 Å². The van der Waals surface area contributed by atoms with E-state index in [4.69, 9.17) is 0 Å². The van der Waals surface area contributed by atoms with Crippen LogP contribution in [-0.4, -0.2) is 19.1 Å². The Morgan fingerprint density at radius 3 is 2.71 bits per heavy atom. The maximum atomic E-state index is 3.78. The molecule has 0 aliphatic heterocycles. The molecule has 2 saturated carbocycles. The van der Waals surface area contributed by atoms with E-state index in [9.17, 15) is 0 Å². The van der Waals surface area contributed by atoms with Crippen molar-refractivity contribution in [2.24, 2.45) is 5.92 Å². The number of hydrogen-bond donors (Lipinski definition) is 1. The molecule has 0 radical (unpaired) electrons. The molecule has 0 amide bonds. The van der Waals surface area contributed by atoms with E-state index in [-0.39, 0.29) is 0 Å². The lowest BCUT2D eigenvalue weighted by Gasteiger charge is -2.36. The fraction of sp³-hybridized carbons (Fsp3) is 0.667. The molecule has 0 aromatic heterocycles. The minimum Gasteiger partial charge on any atom is -0.371 e. The van der Waals surface area contributed by atoms with Gasteiger partial charge in [-0.3, -0.25) is 0 Å². The number of benzene rings is 1. The van der Waals surface area contributed by atoms with Gasteiger partial charge < -0.3 is 10.2 Å². The second kappa shape index (κ2) is 6.70. The average Bonchev–Trinajstić information content (AvgIpc) is 3.29. The van der Waals surface area contributed by atoms with Crippen molar-refractivity contribution in [2.45, 2.75) is 64.1 Å². The van der Waals surface area contributed by atoms with Crippen LogP contribution in [-0.2, 0) is 6.54 Å². The predicted octanol–water partition coefficient (Wildman–Crippen LogP) is 4.72. The van der Waals surface area contributed by atoms with Crippen LogP contribution in [0.15, 0.2) is 22.7 Å². The van der Waals surface area contributed by atoms with Crippen LogP contribution < -0.4 is 10.2 Å². The number of hydrogen-bond acceptors (Lipinski definition) is 2. The first-order valence-corrected chi connectivity index (χ1v) is 9.17. The van der Waals surface area contributed by atoms with E-state index in [0.29, 0.717) is 6.04 Å². The summed E-state index contributed by atoms with van der Waals surface area (Å²) in [5, 5.41) is 3.58. The molecule has 0 bridgehead atoms. The second-order valence-electron chi connectivity index (χ2n) is 6.98. The van der Waals surface area contributed by atoms with Gasteiger partial charge in [0.25, 0.3) is 0 Å². The van der Waals surface area contributed by atoms with Crippen LogP contribution in [0.4, 0.5) is 5.69 Å².